The number of fused-ring (bicyclic) bond motifs is 1. The highest BCUT2D eigenvalue weighted by atomic mass is 79.9. The molecule has 7 heteroatoms. The maximum absolute atomic E-state index is 12.2. The van der Waals surface area contributed by atoms with Crippen LogP contribution >= 0.6 is 38.9 Å². The standard InChI is InChI=1S/C16H13BrClNO3S/c1-19(8-11-3-4-14(17)23-11)15(20)5-2-10-6-12(18)16-13(7-10)21-9-22-16/h2-7H,8-9H2,1H3/b5-2+. The topological polar surface area (TPSA) is 38.8 Å². The zero-order valence-corrected chi connectivity index (χ0v) is 15.4. The van der Waals surface area contributed by atoms with E-state index < -0.39 is 0 Å². The third-order valence-corrected chi connectivity index (χ3v) is 5.16. The van der Waals surface area contributed by atoms with Crippen molar-refractivity contribution in [2.24, 2.45) is 0 Å². The van der Waals surface area contributed by atoms with Crippen LogP contribution in [0.3, 0.4) is 0 Å². The molecule has 1 aromatic heterocycles. The van der Waals surface area contributed by atoms with Crippen LogP contribution in [0.25, 0.3) is 6.08 Å². The molecule has 2 aromatic rings. The summed E-state index contributed by atoms with van der Waals surface area (Å²) in [6.45, 7) is 0.738. The Labute approximate surface area is 151 Å². The van der Waals surface area contributed by atoms with E-state index in [1.807, 2.05) is 12.1 Å². The molecule has 0 atom stereocenters. The number of carbonyl (C=O) groups is 1. The summed E-state index contributed by atoms with van der Waals surface area (Å²) in [6.07, 6.45) is 3.24. The molecule has 0 bridgehead atoms. The maximum Gasteiger partial charge on any atom is 0.246 e. The van der Waals surface area contributed by atoms with Gasteiger partial charge in [-0.15, -0.1) is 11.3 Å². The number of nitrogens with zero attached hydrogens (tertiary/aromatic N) is 1. The Bertz CT molecular complexity index is 775. The lowest BCUT2D eigenvalue weighted by Gasteiger charge is -2.13. The van der Waals surface area contributed by atoms with Gasteiger partial charge in [0.25, 0.3) is 0 Å². The van der Waals surface area contributed by atoms with Crippen LogP contribution in [0.5, 0.6) is 11.5 Å². The molecule has 0 N–H and O–H groups in total. The quantitative estimate of drug-likeness (QED) is 0.688. The second-order valence-electron chi connectivity index (χ2n) is 4.97. The molecule has 0 fully saturated rings. The van der Waals surface area contributed by atoms with Crippen LogP contribution in [0.15, 0.2) is 34.1 Å². The predicted octanol–water partition coefficient (Wildman–Crippen LogP) is 4.56. The second-order valence-corrected chi connectivity index (χ2v) is 7.92. The van der Waals surface area contributed by atoms with Gasteiger partial charge < -0.3 is 14.4 Å². The number of amides is 1. The van der Waals surface area contributed by atoms with Gasteiger partial charge in [-0.1, -0.05) is 11.6 Å². The SMILES string of the molecule is CN(Cc1ccc(Br)s1)C(=O)/C=C/c1cc(Cl)c2c(c1)OCO2. The number of halogens is 2. The molecule has 1 aliphatic rings. The third-order valence-electron chi connectivity index (χ3n) is 3.27. The number of benzene rings is 1. The molecule has 2 heterocycles. The summed E-state index contributed by atoms with van der Waals surface area (Å²) in [5, 5.41) is 0.476. The van der Waals surface area contributed by atoms with Crippen LogP contribution in [-0.2, 0) is 11.3 Å². The lowest BCUT2D eigenvalue weighted by molar-refractivity contribution is -0.125. The average Bonchev–Trinajstić information content (AvgIpc) is 3.14. The fraction of sp³-hybridized carbons (Fsp3) is 0.188. The molecule has 1 amide bonds. The van der Waals surface area contributed by atoms with Crippen molar-refractivity contribution in [3.05, 3.63) is 49.6 Å². The molecule has 1 aliphatic heterocycles. The molecule has 0 spiro atoms. The highest BCUT2D eigenvalue weighted by Crippen LogP contribution is 2.40. The molecular weight excluding hydrogens is 402 g/mol. The van der Waals surface area contributed by atoms with Crippen LogP contribution in [-0.4, -0.2) is 24.6 Å². The van der Waals surface area contributed by atoms with E-state index in [0.717, 1.165) is 14.2 Å². The van der Waals surface area contributed by atoms with Crippen molar-refractivity contribution in [3.63, 3.8) is 0 Å². The Morgan fingerprint density at radius 3 is 3.00 bits per heavy atom. The van der Waals surface area contributed by atoms with Crippen molar-refractivity contribution in [3.8, 4) is 11.5 Å². The number of thiophene rings is 1. The van der Waals surface area contributed by atoms with Gasteiger partial charge in [-0.2, -0.15) is 0 Å². The maximum atomic E-state index is 12.2. The van der Waals surface area contributed by atoms with Crippen molar-refractivity contribution < 1.29 is 14.3 Å². The minimum Gasteiger partial charge on any atom is -0.454 e. The molecule has 0 aliphatic carbocycles. The van der Waals surface area contributed by atoms with Gasteiger partial charge in [0.2, 0.25) is 12.7 Å². The van der Waals surface area contributed by atoms with Crippen LogP contribution in [0.1, 0.15) is 10.4 Å². The summed E-state index contributed by atoms with van der Waals surface area (Å²) in [5.41, 5.74) is 0.792. The highest BCUT2D eigenvalue weighted by molar-refractivity contribution is 9.11. The lowest BCUT2D eigenvalue weighted by Crippen LogP contribution is -2.23. The zero-order chi connectivity index (χ0) is 16.4. The summed E-state index contributed by atoms with van der Waals surface area (Å²) in [4.78, 5) is 15.0. The van der Waals surface area contributed by atoms with E-state index in [4.69, 9.17) is 21.1 Å². The average molecular weight is 415 g/mol. The number of likely N-dealkylation sites (N-methyl/N-ethyl adjacent to an activating group) is 1. The Hall–Kier alpha value is -1.50. The first kappa shape index (κ1) is 16.4. The van der Waals surface area contributed by atoms with E-state index in [-0.39, 0.29) is 12.7 Å². The van der Waals surface area contributed by atoms with Crippen LogP contribution in [0.4, 0.5) is 0 Å². The second kappa shape index (κ2) is 6.95. The smallest absolute Gasteiger partial charge is 0.246 e. The number of hydrogen-bond acceptors (Lipinski definition) is 4. The summed E-state index contributed by atoms with van der Waals surface area (Å²) in [6, 6.07) is 7.52. The molecule has 120 valence electrons. The number of rotatable bonds is 4. The van der Waals surface area contributed by atoms with Crippen LogP contribution in [0.2, 0.25) is 5.02 Å². The molecule has 23 heavy (non-hydrogen) atoms. The Kier molecular flexibility index (Phi) is 4.94. The largest absolute Gasteiger partial charge is 0.454 e. The van der Waals surface area contributed by atoms with Gasteiger partial charge in [-0.05, 0) is 51.8 Å². The van der Waals surface area contributed by atoms with E-state index >= 15 is 0 Å². The highest BCUT2D eigenvalue weighted by Gasteiger charge is 2.17. The van der Waals surface area contributed by atoms with Gasteiger partial charge in [0, 0.05) is 18.0 Å². The normalized spacial score (nSPS) is 12.8. The minimum absolute atomic E-state index is 0.0803. The van der Waals surface area contributed by atoms with Gasteiger partial charge in [0.05, 0.1) is 15.4 Å². The fourth-order valence-corrected chi connectivity index (χ4v) is 3.94. The molecule has 0 unspecified atom stereocenters. The van der Waals surface area contributed by atoms with E-state index in [1.165, 1.54) is 6.08 Å². The third kappa shape index (κ3) is 3.88. The number of carbonyl (C=O) groups excluding carboxylic acids is 1. The first-order valence-corrected chi connectivity index (χ1v) is 8.78. The van der Waals surface area contributed by atoms with Crippen molar-refractivity contribution in [2.45, 2.75) is 6.54 Å². The molecule has 4 nitrogen and oxygen atoms in total. The summed E-state index contributed by atoms with van der Waals surface area (Å²) in [7, 11) is 1.77. The zero-order valence-electron chi connectivity index (χ0n) is 12.2. The molecule has 0 radical (unpaired) electrons. The molecule has 0 saturated heterocycles. The molecule has 0 saturated carbocycles. The molecule has 3 rings (SSSR count). The summed E-state index contributed by atoms with van der Waals surface area (Å²) < 4.78 is 11.6. The van der Waals surface area contributed by atoms with Gasteiger partial charge in [-0.25, -0.2) is 0 Å². The first-order chi connectivity index (χ1) is 11.0. The Balaban J connectivity index is 1.67. The fourth-order valence-electron chi connectivity index (χ4n) is 2.13. The van der Waals surface area contributed by atoms with E-state index in [1.54, 1.807) is 41.5 Å². The van der Waals surface area contributed by atoms with E-state index in [0.29, 0.717) is 23.1 Å². The van der Waals surface area contributed by atoms with Gasteiger partial charge in [0.15, 0.2) is 11.5 Å². The van der Waals surface area contributed by atoms with Crippen molar-refractivity contribution in [1.29, 1.82) is 0 Å². The van der Waals surface area contributed by atoms with Gasteiger partial charge >= 0.3 is 0 Å². The molecular formula is C16H13BrClNO3S. The Morgan fingerprint density at radius 1 is 1.43 bits per heavy atom. The minimum atomic E-state index is -0.0803. The van der Waals surface area contributed by atoms with Crippen molar-refractivity contribution >= 4 is 50.9 Å². The lowest BCUT2D eigenvalue weighted by atomic mass is 10.2. The monoisotopic (exact) mass is 413 g/mol. The Morgan fingerprint density at radius 2 is 2.26 bits per heavy atom. The number of hydrogen-bond donors (Lipinski definition) is 0. The van der Waals surface area contributed by atoms with Crippen molar-refractivity contribution in [1.82, 2.24) is 4.90 Å². The first-order valence-electron chi connectivity index (χ1n) is 6.79. The molecule has 1 aromatic carbocycles. The van der Waals surface area contributed by atoms with Crippen LogP contribution < -0.4 is 9.47 Å². The summed E-state index contributed by atoms with van der Waals surface area (Å²) in [5.74, 6) is 1.07. The van der Waals surface area contributed by atoms with Crippen LogP contribution in [0, 0.1) is 0 Å². The van der Waals surface area contributed by atoms with E-state index in [9.17, 15) is 4.79 Å². The van der Waals surface area contributed by atoms with Gasteiger partial charge in [-0.3, -0.25) is 4.79 Å². The predicted molar refractivity (Wildman–Crippen MR) is 95.1 cm³/mol. The number of ether oxygens (including phenoxy) is 2. The summed E-state index contributed by atoms with van der Waals surface area (Å²) >= 11 is 11.2. The van der Waals surface area contributed by atoms with Crippen molar-refractivity contribution in [2.75, 3.05) is 13.8 Å². The van der Waals surface area contributed by atoms with Gasteiger partial charge in [0.1, 0.15) is 0 Å². The van der Waals surface area contributed by atoms with E-state index in [2.05, 4.69) is 15.9 Å².